The van der Waals surface area contributed by atoms with Crippen molar-refractivity contribution in [1.29, 1.82) is 0 Å². The van der Waals surface area contributed by atoms with Crippen molar-refractivity contribution in [2.75, 3.05) is 13.6 Å². The fraction of sp³-hybridized carbons (Fsp3) is 0.571. The molecule has 8 heteroatoms. The molecule has 2 aromatic heterocycles. The van der Waals surface area contributed by atoms with E-state index in [4.69, 9.17) is 4.74 Å². The quantitative estimate of drug-likeness (QED) is 0.245. The van der Waals surface area contributed by atoms with Crippen LogP contribution in [0, 0.1) is 13.8 Å². The lowest BCUT2D eigenvalue weighted by Gasteiger charge is -2.14. The topological polar surface area (TPSA) is 76.4 Å². The normalized spacial score (nSPS) is 14.5. The van der Waals surface area contributed by atoms with Gasteiger partial charge >= 0.3 is 0 Å². The molecule has 0 radical (unpaired) electrons. The van der Waals surface area contributed by atoms with E-state index in [9.17, 15) is 0 Å². The van der Waals surface area contributed by atoms with Crippen LogP contribution < -0.4 is 15.4 Å². The Bertz CT molecular complexity index is 768. The number of nitrogens with one attached hydrogen (secondary N) is 2. The Hall–Kier alpha value is -1.84. The third-order valence-corrected chi connectivity index (χ3v) is 5.01. The number of halogens is 1. The smallest absolute Gasteiger partial charge is 0.213 e. The minimum absolute atomic E-state index is 0. The molecule has 0 aliphatic heterocycles. The molecule has 1 aliphatic rings. The predicted molar refractivity (Wildman–Crippen MR) is 127 cm³/mol. The van der Waals surface area contributed by atoms with Crippen LogP contribution >= 0.6 is 24.0 Å². The van der Waals surface area contributed by atoms with Crippen LogP contribution in [0.1, 0.15) is 49.1 Å². The SMILES string of the molecule is CN=C(NCCCn1nc(C)cc1C)NCc1ccc(OC2CCCC2)nc1.I. The first kappa shape index (κ1) is 23.4. The molecule has 0 aromatic carbocycles. The van der Waals surface area contributed by atoms with E-state index in [1.54, 1.807) is 7.05 Å². The number of hydrogen-bond donors (Lipinski definition) is 2. The van der Waals surface area contributed by atoms with Crippen LogP contribution in [0.25, 0.3) is 0 Å². The van der Waals surface area contributed by atoms with Crippen molar-refractivity contribution in [1.82, 2.24) is 25.4 Å². The number of aliphatic imine (C=N–C) groups is 1. The van der Waals surface area contributed by atoms with Crippen LogP contribution in [0.4, 0.5) is 0 Å². The van der Waals surface area contributed by atoms with Gasteiger partial charge in [0.2, 0.25) is 5.88 Å². The highest BCUT2D eigenvalue weighted by atomic mass is 127. The molecule has 160 valence electrons. The minimum atomic E-state index is 0. The fourth-order valence-electron chi connectivity index (χ4n) is 3.51. The van der Waals surface area contributed by atoms with Gasteiger partial charge in [0.15, 0.2) is 5.96 Å². The first-order valence-corrected chi connectivity index (χ1v) is 10.2. The fourth-order valence-corrected chi connectivity index (χ4v) is 3.51. The second-order valence-electron chi connectivity index (χ2n) is 7.39. The molecule has 3 rings (SSSR count). The summed E-state index contributed by atoms with van der Waals surface area (Å²) in [6, 6.07) is 6.12. The van der Waals surface area contributed by atoms with Crippen molar-refractivity contribution in [3.05, 3.63) is 41.3 Å². The maximum atomic E-state index is 5.91. The lowest BCUT2D eigenvalue weighted by molar-refractivity contribution is 0.201. The summed E-state index contributed by atoms with van der Waals surface area (Å²) >= 11 is 0. The minimum Gasteiger partial charge on any atom is -0.474 e. The van der Waals surface area contributed by atoms with E-state index in [1.165, 1.54) is 18.5 Å². The van der Waals surface area contributed by atoms with Crippen LogP contribution in [0.5, 0.6) is 5.88 Å². The second-order valence-corrected chi connectivity index (χ2v) is 7.39. The van der Waals surface area contributed by atoms with E-state index in [0.717, 1.165) is 55.4 Å². The van der Waals surface area contributed by atoms with Crippen molar-refractivity contribution in [2.24, 2.45) is 4.99 Å². The van der Waals surface area contributed by atoms with Crippen molar-refractivity contribution in [2.45, 2.75) is 65.1 Å². The van der Waals surface area contributed by atoms with Gasteiger partial charge in [-0.3, -0.25) is 9.67 Å². The van der Waals surface area contributed by atoms with E-state index in [-0.39, 0.29) is 24.0 Å². The van der Waals surface area contributed by atoms with Crippen LogP contribution in [0.15, 0.2) is 29.4 Å². The van der Waals surface area contributed by atoms with Gasteiger partial charge in [0, 0.05) is 44.6 Å². The van der Waals surface area contributed by atoms with Crippen LogP contribution in [-0.4, -0.2) is 40.4 Å². The monoisotopic (exact) mass is 512 g/mol. The number of guanidine groups is 1. The zero-order valence-electron chi connectivity index (χ0n) is 17.6. The van der Waals surface area contributed by atoms with E-state index in [2.05, 4.69) is 44.8 Å². The van der Waals surface area contributed by atoms with Gasteiger partial charge in [-0.25, -0.2) is 4.98 Å². The molecule has 0 saturated heterocycles. The number of aromatic nitrogens is 3. The zero-order chi connectivity index (χ0) is 19.8. The molecule has 0 bridgehead atoms. The third kappa shape index (κ3) is 7.49. The Morgan fingerprint density at radius 2 is 2.03 bits per heavy atom. The zero-order valence-corrected chi connectivity index (χ0v) is 20.0. The molecule has 0 atom stereocenters. The molecule has 0 amide bonds. The van der Waals surface area contributed by atoms with Gasteiger partial charge in [-0.2, -0.15) is 5.10 Å². The van der Waals surface area contributed by atoms with Gasteiger partial charge in [-0.1, -0.05) is 6.07 Å². The molecule has 0 unspecified atom stereocenters. The van der Waals surface area contributed by atoms with E-state index in [1.807, 2.05) is 23.9 Å². The summed E-state index contributed by atoms with van der Waals surface area (Å²) in [6.07, 6.45) is 8.01. The summed E-state index contributed by atoms with van der Waals surface area (Å²) in [4.78, 5) is 8.72. The Morgan fingerprint density at radius 1 is 1.24 bits per heavy atom. The highest BCUT2D eigenvalue weighted by Crippen LogP contribution is 2.22. The summed E-state index contributed by atoms with van der Waals surface area (Å²) in [6.45, 7) is 6.52. The molecule has 2 N–H and O–H groups in total. The van der Waals surface area contributed by atoms with Crippen molar-refractivity contribution >= 4 is 29.9 Å². The average Bonchev–Trinajstić information content (AvgIpc) is 3.31. The van der Waals surface area contributed by atoms with Gasteiger partial charge in [-0.05, 0) is 57.6 Å². The first-order valence-electron chi connectivity index (χ1n) is 10.2. The highest BCUT2D eigenvalue weighted by Gasteiger charge is 2.16. The summed E-state index contributed by atoms with van der Waals surface area (Å²) in [5.74, 6) is 1.52. The number of pyridine rings is 1. The maximum absolute atomic E-state index is 5.91. The molecule has 1 aliphatic carbocycles. The number of rotatable bonds is 8. The molecule has 2 aromatic rings. The molecule has 29 heavy (non-hydrogen) atoms. The van der Waals surface area contributed by atoms with Gasteiger partial charge in [0.25, 0.3) is 0 Å². The number of aryl methyl sites for hydroxylation is 3. The number of nitrogens with zero attached hydrogens (tertiary/aromatic N) is 4. The van der Waals surface area contributed by atoms with Gasteiger partial charge < -0.3 is 15.4 Å². The van der Waals surface area contributed by atoms with Crippen LogP contribution in [-0.2, 0) is 13.1 Å². The van der Waals surface area contributed by atoms with E-state index >= 15 is 0 Å². The van der Waals surface area contributed by atoms with E-state index in [0.29, 0.717) is 12.6 Å². The highest BCUT2D eigenvalue weighted by molar-refractivity contribution is 14.0. The molecular formula is C21H33IN6O. The van der Waals surface area contributed by atoms with Crippen molar-refractivity contribution in [3.63, 3.8) is 0 Å². The summed E-state index contributed by atoms with van der Waals surface area (Å²) in [7, 11) is 1.78. The van der Waals surface area contributed by atoms with Gasteiger partial charge in [0.05, 0.1) is 5.69 Å². The van der Waals surface area contributed by atoms with Gasteiger partial charge in [0.1, 0.15) is 6.10 Å². The van der Waals surface area contributed by atoms with Crippen molar-refractivity contribution < 1.29 is 4.74 Å². The Morgan fingerprint density at radius 3 is 2.66 bits per heavy atom. The largest absolute Gasteiger partial charge is 0.474 e. The summed E-state index contributed by atoms with van der Waals surface area (Å²) < 4.78 is 7.96. The summed E-state index contributed by atoms with van der Waals surface area (Å²) in [5.41, 5.74) is 3.37. The molecule has 0 spiro atoms. The second kappa shape index (κ2) is 12.0. The van der Waals surface area contributed by atoms with Crippen LogP contribution in [0.2, 0.25) is 0 Å². The molecule has 1 fully saturated rings. The summed E-state index contributed by atoms with van der Waals surface area (Å²) in [5, 5.41) is 11.2. The van der Waals surface area contributed by atoms with E-state index < -0.39 is 0 Å². The maximum Gasteiger partial charge on any atom is 0.213 e. The van der Waals surface area contributed by atoms with Crippen LogP contribution in [0.3, 0.4) is 0 Å². The Labute approximate surface area is 190 Å². The van der Waals surface area contributed by atoms with Crippen molar-refractivity contribution in [3.8, 4) is 5.88 Å². The Balaban J connectivity index is 0.00000300. The lowest BCUT2D eigenvalue weighted by Crippen LogP contribution is -2.37. The standard InChI is InChI=1S/C21H32N6O.HI/c1-16-13-17(2)27(26-16)12-6-11-23-21(22-3)25-15-18-9-10-20(24-14-18)28-19-7-4-5-8-19;/h9-10,13-14,19H,4-8,11-12,15H2,1-3H3,(H2,22,23,25);1H. The number of hydrogen-bond acceptors (Lipinski definition) is 4. The Kier molecular flexibility index (Phi) is 9.69. The third-order valence-electron chi connectivity index (χ3n) is 5.01. The molecular weight excluding hydrogens is 479 g/mol. The predicted octanol–water partition coefficient (Wildman–Crippen LogP) is 3.59. The van der Waals surface area contributed by atoms with Gasteiger partial charge in [-0.15, -0.1) is 24.0 Å². The molecule has 2 heterocycles. The first-order chi connectivity index (χ1) is 13.6. The molecule has 7 nitrogen and oxygen atoms in total. The average molecular weight is 512 g/mol. The number of ether oxygens (including phenoxy) is 1. The lowest BCUT2D eigenvalue weighted by atomic mass is 10.3. The molecule has 1 saturated carbocycles.